The molecule has 2 N–H and O–H groups in total. The van der Waals surface area contributed by atoms with Crippen molar-refractivity contribution in [1.29, 1.82) is 5.26 Å². The number of aryl methyl sites for hydroxylation is 2. The summed E-state index contributed by atoms with van der Waals surface area (Å²) in [4.78, 5) is 45.5. The van der Waals surface area contributed by atoms with Gasteiger partial charge in [0, 0.05) is 49.4 Å². The summed E-state index contributed by atoms with van der Waals surface area (Å²) >= 11 is 0. The number of nitrogens with one attached hydrogen (secondary N) is 2. The number of aromatic nitrogens is 4. The van der Waals surface area contributed by atoms with Gasteiger partial charge in [-0.2, -0.15) is 5.26 Å². The van der Waals surface area contributed by atoms with Gasteiger partial charge in [0.05, 0.1) is 18.0 Å². The third kappa shape index (κ3) is 4.99. The Morgan fingerprint density at radius 1 is 0.979 bits per heavy atom. The molecule has 0 radical (unpaired) electrons. The average Bonchev–Trinajstić information content (AvgIpc) is 3.40. The molecule has 1 saturated carbocycles. The highest BCUT2D eigenvalue weighted by molar-refractivity contribution is 5.96. The van der Waals surface area contributed by atoms with Crippen LogP contribution >= 0.6 is 0 Å². The number of carbonyl (C=O) groups is 3. The van der Waals surface area contributed by atoms with Gasteiger partial charge in [-0.15, -0.1) is 5.10 Å². The van der Waals surface area contributed by atoms with Crippen molar-refractivity contribution >= 4 is 17.7 Å². The predicted molar refractivity (Wildman–Crippen MR) is 170 cm³/mol. The van der Waals surface area contributed by atoms with Gasteiger partial charge in [-0.05, 0) is 115 Å². The number of nitriles is 1. The minimum absolute atomic E-state index is 0.0409. The molecule has 8 rings (SSSR count). The van der Waals surface area contributed by atoms with Crippen molar-refractivity contribution in [3.63, 3.8) is 0 Å². The van der Waals surface area contributed by atoms with Crippen LogP contribution in [-0.2, 0) is 23.1 Å². The van der Waals surface area contributed by atoms with Gasteiger partial charge in [-0.3, -0.25) is 14.4 Å². The largest absolute Gasteiger partial charge is 0.339 e. The molecule has 4 heterocycles. The van der Waals surface area contributed by atoms with Crippen LogP contribution in [0.15, 0.2) is 36.4 Å². The molecule has 242 valence electrons. The Labute approximate surface area is 273 Å². The number of hydrogen-bond donors (Lipinski definition) is 2. The second-order valence-corrected chi connectivity index (χ2v) is 13.9. The van der Waals surface area contributed by atoms with E-state index in [1.165, 1.54) is 0 Å². The smallest absolute Gasteiger partial charge is 0.253 e. The molecule has 12 nitrogen and oxygen atoms in total. The highest BCUT2D eigenvalue weighted by Crippen LogP contribution is 2.48. The molecule has 0 spiro atoms. The normalized spacial score (nSPS) is 24.1. The maximum absolute atomic E-state index is 13.4. The first kappa shape index (κ1) is 29.8. The minimum atomic E-state index is -0.860. The second-order valence-electron chi connectivity index (χ2n) is 13.9. The van der Waals surface area contributed by atoms with E-state index in [0.29, 0.717) is 42.1 Å². The van der Waals surface area contributed by atoms with E-state index in [1.807, 2.05) is 46.2 Å². The van der Waals surface area contributed by atoms with Crippen molar-refractivity contribution in [3.8, 4) is 6.07 Å². The van der Waals surface area contributed by atoms with Gasteiger partial charge < -0.3 is 20.0 Å². The van der Waals surface area contributed by atoms with Gasteiger partial charge in [0.1, 0.15) is 6.04 Å². The Bertz CT molecular complexity index is 1700. The fourth-order valence-electron chi connectivity index (χ4n) is 8.24. The first-order valence-corrected chi connectivity index (χ1v) is 16.9. The van der Waals surface area contributed by atoms with Gasteiger partial charge in [-0.25, -0.2) is 5.10 Å². The number of amides is 3. The van der Waals surface area contributed by atoms with Crippen LogP contribution in [-0.4, -0.2) is 104 Å². The van der Waals surface area contributed by atoms with E-state index in [0.717, 1.165) is 74.1 Å². The minimum Gasteiger partial charge on any atom is -0.339 e. The molecule has 0 unspecified atom stereocenters. The Morgan fingerprint density at radius 3 is 2.11 bits per heavy atom. The topological polar surface area (TPSA) is 151 Å². The van der Waals surface area contributed by atoms with Crippen LogP contribution in [0.4, 0.5) is 0 Å². The Balaban J connectivity index is 1.17. The molecule has 5 aliphatic rings. The maximum atomic E-state index is 13.4. The van der Waals surface area contributed by atoms with Crippen molar-refractivity contribution in [2.45, 2.75) is 75.4 Å². The summed E-state index contributed by atoms with van der Waals surface area (Å²) in [6, 6.07) is 13.9. The van der Waals surface area contributed by atoms with Gasteiger partial charge in [0.15, 0.2) is 5.82 Å². The summed E-state index contributed by atoms with van der Waals surface area (Å²) < 4.78 is 0. The number of nitrogens with zero attached hydrogens (tertiary/aromatic N) is 7. The van der Waals surface area contributed by atoms with Gasteiger partial charge in [-0.1, -0.05) is 12.1 Å². The molecule has 3 aromatic rings. The molecule has 4 fully saturated rings. The molecule has 12 heteroatoms. The van der Waals surface area contributed by atoms with Gasteiger partial charge in [0.25, 0.3) is 11.8 Å². The summed E-state index contributed by atoms with van der Waals surface area (Å²) in [5.41, 5.74) is 4.55. The molecule has 2 aromatic carbocycles. The number of piperidine rings is 1. The first-order valence-electron chi connectivity index (χ1n) is 16.9. The summed E-state index contributed by atoms with van der Waals surface area (Å²) in [6.07, 6.45) is 5.67. The second kappa shape index (κ2) is 11.6. The summed E-state index contributed by atoms with van der Waals surface area (Å²) in [5.74, 6) is 1.06. The number of likely N-dealkylation sites (tertiary alicyclic amines) is 3. The fourth-order valence-corrected chi connectivity index (χ4v) is 8.24. The summed E-state index contributed by atoms with van der Waals surface area (Å²) in [6.45, 7) is 5.28. The van der Waals surface area contributed by atoms with E-state index >= 15 is 0 Å². The quantitative estimate of drug-likeness (QED) is 0.383. The molecule has 3 amide bonds. The number of fused-ring (bicyclic) bond motifs is 3. The van der Waals surface area contributed by atoms with Gasteiger partial charge in [0.2, 0.25) is 5.91 Å². The van der Waals surface area contributed by atoms with Crippen molar-refractivity contribution in [3.05, 3.63) is 75.6 Å². The third-order valence-electron chi connectivity index (χ3n) is 11.1. The molecular weight excluding hydrogens is 594 g/mol. The Kier molecular flexibility index (Phi) is 7.32. The van der Waals surface area contributed by atoms with E-state index in [4.69, 9.17) is 0 Å². The summed E-state index contributed by atoms with van der Waals surface area (Å²) in [7, 11) is 0. The van der Waals surface area contributed by atoms with E-state index < -0.39 is 5.41 Å². The number of carbonyl (C=O) groups excluding carboxylic acids is 3. The number of H-pyrrole nitrogens is 1. The summed E-state index contributed by atoms with van der Waals surface area (Å²) in [5, 5.41) is 28.7. The lowest BCUT2D eigenvalue weighted by molar-refractivity contribution is -0.131. The number of benzene rings is 2. The van der Waals surface area contributed by atoms with Crippen LogP contribution in [0, 0.1) is 17.2 Å². The zero-order valence-corrected chi connectivity index (χ0v) is 26.6. The fraction of sp³-hybridized carbons (Fsp3) is 0.514. The zero-order valence-electron chi connectivity index (χ0n) is 26.6. The molecule has 2 aliphatic carbocycles. The van der Waals surface area contributed by atoms with Gasteiger partial charge >= 0.3 is 0 Å². The molecular formula is C35H39N9O3. The highest BCUT2D eigenvalue weighted by atomic mass is 16.2. The van der Waals surface area contributed by atoms with E-state index in [9.17, 15) is 19.6 Å². The van der Waals surface area contributed by atoms with Crippen LogP contribution in [0.1, 0.15) is 87.8 Å². The lowest BCUT2D eigenvalue weighted by atomic mass is 9.67. The van der Waals surface area contributed by atoms with Crippen molar-refractivity contribution < 1.29 is 14.4 Å². The van der Waals surface area contributed by atoms with Crippen LogP contribution < -0.4 is 5.32 Å². The Hall–Kier alpha value is -4.63. The van der Waals surface area contributed by atoms with Crippen LogP contribution in [0.25, 0.3) is 0 Å². The number of tetrazole rings is 1. The molecule has 47 heavy (non-hydrogen) atoms. The lowest BCUT2D eigenvalue weighted by Crippen LogP contribution is -2.46. The third-order valence-corrected chi connectivity index (χ3v) is 11.1. The number of rotatable bonds is 8. The Morgan fingerprint density at radius 2 is 1.60 bits per heavy atom. The molecule has 1 aromatic heterocycles. The van der Waals surface area contributed by atoms with Crippen LogP contribution in [0.3, 0.4) is 0 Å². The lowest BCUT2D eigenvalue weighted by Gasteiger charge is -2.37. The number of hydrogen-bond acceptors (Lipinski definition) is 8. The maximum Gasteiger partial charge on any atom is 0.253 e. The highest BCUT2D eigenvalue weighted by Gasteiger charge is 2.54. The van der Waals surface area contributed by atoms with E-state index in [1.54, 1.807) is 4.90 Å². The molecule has 3 saturated heterocycles. The number of aromatic amines is 1. The van der Waals surface area contributed by atoms with E-state index in [2.05, 4.69) is 38.9 Å². The zero-order chi connectivity index (χ0) is 32.3. The molecule has 0 bridgehead atoms. The average molecular weight is 634 g/mol. The predicted octanol–water partition coefficient (Wildman–Crippen LogP) is 2.21. The SMILES string of the molecule is C[C@H](CC1(c2nnn[nH]2)c2ccc(C(=O)N3CCC3)cc2CCc2cc(C(=O)N3CCC3)ccc21)NCC(=O)N1[C@H](C#N)C[C@@H]2C[C@@H]21. The standard InChI is InChI=1S/C35H39N9O3/c1-21(37-20-31(45)44-27(19-36)16-26-17-30(26)44)18-35(34-38-40-41-39-34)28-8-6-24(32(46)42-10-2-11-42)14-22(28)4-5-23-15-25(7-9-29(23)35)33(47)43-12-3-13-43/h6-9,14-15,21,26-27,30,37H,2-5,10-13,16-18,20H2,1H3,(H,38,39,40,41)/t21-,26-,27+,30+/m1/s1. The first-order chi connectivity index (χ1) is 22.9. The monoisotopic (exact) mass is 633 g/mol. The van der Waals surface area contributed by atoms with Crippen molar-refractivity contribution in [1.82, 2.24) is 40.6 Å². The molecule has 4 atom stereocenters. The van der Waals surface area contributed by atoms with Crippen molar-refractivity contribution in [2.75, 3.05) is 32.7 Å². The van der Waals surface area contributed by atoms with E-state index in [-0.39, 0.29) is 42.4 Å². The molecule has 3 aliphatic heterocycles. The van der Waals surface area contributed by atoms with Crippen LogP contribution in [0.5, 0.6) is 0 Å². The van der Waals surface area contributed by atoms with Crippen LogP contribution in [0.2, 0.25) is 0 Å². The van der Waals surface area contributed by atoms with Crippen molar-refractivity contribution in [2.24, 2.45) is 5.92 Å².